The second kappa shape index (κ2) is 8.49. The van der Waals surface area contributed by atoms with E-state index in [1.165, 1.54) is 6.07 Å². The molecule has 0 N–H and O–H groups in total. The molecule has 1 amide bonds. The summed E-state index contributed by atoms with van der Waals surface area (Å²) < 4.78 is 22.6. The van der Waals surface area contributed by atoms with Crippen molar-refractivity contribution in [1.82, 2.24) is 4.90 Å². The van der Waals surface area contributed by atoms with Gasteiger partial charge in [-0.25, -0.2) is 4.79 Å². The van der Waals surface area contributed by atoms with Gasteiger partial charge in [-0.2, -0.15) is 0 Å². The number of carbonyl (C=O) groups is 1. The molecule has 1 unspecified atom stereocenters. The van der Waals surface area contributed by atoms with Crippen molar-refractivity contribution in [2.24, 2.45) is 0 Å². The van der Waals surface area contributed by atoms with E-state index in [4.69, 9.17) is 18.6 Å². The Hall–Kier alpha value is -3.48. The van der Waals surface area contributed by atoms with E-state index in [-0.39, 0.29) is 18.6 Å². The Bertz CT molecular complexity index is 1120. The summed E-state index contributed by atoms with van der Waals surface area (Å²) in [5.74, 6) is 1.70. The Labute approximate surface area is 173 Å². The summed E-state index contributed by atoms with van der Waals surface area (Å²) in [5, 5.41) is 0.832. The zero-order chi connectivity index (χ0) is 21.1. The average molecular weight is 409 g/mol. The van der Waals surface area contributed by atoms with Gasteiger partial charge in [0.2, 0.25) is 0 Å². The van der Waals surface area contributed by atoms with Crippen LogP contribution in [0.5, 0.6) is 17.2 Å². The SMILES string of the molecule is CCN(CC1COc2ccccc2O1)C(=O)COc1ccc2c(C)cc(=O)oc2c1. The van der Waals surface area contributed by atoms with Crippen molar-refractivity contribution >= 4 is 16.9 Å². The third kappa shape index (κ3) is 4.25. The van der Waals surface area contributed by atoms with Gasteiger partial charge >= 0.3 is 5.63 Å². The van der Waals surface area contributed by atoms with Gasteiger partial charge in [0, 0.05) is 24.1 Å². The maximum absolute atomic E-state index is 12.7. The van der Waals surface area contributed by atoms with Crippen LogP contribution >= 0.6 is 0 Å². The lowest BCUT2D eigenvalue weighted by Gasteiger charge is -2.30. The number of nitrogens with zero attached hydrogens (tertiary/aromatic N) is 1. The van der Waals surface area contributed by atoms with Crippen LogP contribution in [0.2, 0.25) is 0 Å². The molecule has 0 spiro atoms. The zero-order valence-electron chi connectivity index (χ0n) is 16.9. The van der Waals surface area contributed by atoms with Gasteiger partial charge in [0.1, 0.15) is 17.9 Å². The Balaban J connectivity index is 1.38. The molecule has 1 aliphatic heterocycles. The van der Waals surface area contributed by atoms with Crippen molar-refractivity contribution in [3.8, 4) is 17.2 Å². The van der Waals surface area contributed by atoms with E-state index in [9.17, 15) is 9.59 Å². The minimum absolute atomic E-state index is 0.125. The smallest absolute Gasteiger partial charge is 0.336 e. The molecule has 0 fully saturated rings. The van der Waals surface area contributed by atoms with Crippen LogP contribution in [0.15, 0.2) is 57.7 Å². The minimum atomic E-state index is -0.415. The van der Waals surface area contributed by atoms with E-state index in [0.717, 1.165) is 10.9 Å². The first kappa shape index (κ1) is 19.8. The second-order valence-electron chi connectivity index (χ2n) is 7.13. The van der Waals surface area contributed by atoms with Crippen molar-refractivity contribution in [3.05, 3.63) is 64.5 Å². The number of hydrogen-bond donors (Lipinski definition) is 0. The van der Waals surface area contributed by atoms with Crippen LogP contribution in [0.3, 0.4) is 0 Å². The van der Waals surface area contributed by atoms with Crippen molar-refractivity contribution < 1.29 is 23.4 Å². The summed E-state index contributed by atoms with van der Waals surface area (Å²) in [5.41, 5.74) is 0.850. The van der Waals surface area contributed by atoms with E-state index in [2.05, 4.69) is 0 Å². The average Bonchev–Trinajstić information content (AvgIpc) is 2.75. The van der Waals surface area contributed by atoms with Gasteiger partial charge in [0.15, 0.2) is 24.2 Å². The van der Waals surface area contributed by atoms with Crippen LogP contribution in [0.25, 0.3) is 11.0 Å². The topological polar surface area (TPSA) is 78.2 Å². The Morgan fingerprint density at radius 1 is 1.17 bits per heavy atom. The molecule has 1 atom stereocenters. The van der Waals surface area contributed by atoms with E-state index >= 15 is 0 Å². The number of para-hydroxylation sites is 2. The highest BCUT2D eigenvalue weighted by molar-refractivity contribution is 5.81. The van der Waals surface area contributed by atoms with E-state index in [1.807, 2.05) is 44.2 Å². The van der Waals surface area contributed by atoms with Crippen molar-refractivity contribution in [1.29, 1.82) is 0 Å². The normalized spacial score (nSPS) is 15.1. The number of rotatable bonds is 6. The molecule has 0 radical (unpaired) electrons. The van der Waals surface area contributed by atoms with Gasteiger partial charge in [-0.15, -0.1) is 0 Å². The zero-order valence-corrected chi connectivity index (χ0v) is 16.9. The fourth-order valence-corrected chi connectivity index (χ4v) is 3.44. The lowest BCUT2D eigenvalue weighted by atomic mass is 10.1. The molecular formula is C23H23NO6. The molecule has 30 heavy (non-hydrogen) atoms. The number of amides is 1. The Morgan fingerprint density at radius 2 is 1.97 bits per heavy atom. The first-order valence-electron chi connectivity index (χ1n) is 9.87. The Kier molecular flexibility index (Phi) is 5.61. The van der Waals surface area contributed by atoms with E-state index < -0.39 is 5.63 Å². The molecule has 156 valence electrons. The maximum Gasteiger partial charge on any atom is 0.336 e. The monoisotopic (exact) mass is 409 g/mol. The standard InChI is InChI=1S/C23H23NO6/c1-3-24(12-17-13-28-19-6-4-5-7-20(19)29-17)22(25)14-27-16-8-9-18-15(2)10-23(26)30-21(18)11-16/h4-11,17H,3,12-14H2,1-2H3. The third-order valence-electron chi connectivity index (χ3n) is 5.01. The lowest BCUT2D eigenvalue weighted by molar-refractivity contribution is -0.134. The summed E-state index contributed by atoms with van der Waals surface area (Å²) in [6, 6.07) is 14.1. The molecule has 0 saturated heterocycles. The molecule has 7 heteroatoms. The predicted octanol–water partition coefficient (Wildman–Crippen LogP) is 3.17. The van der Waals surface area contributed by atoms with E-state index in [0.29, 0.717) is 42.5 Å². The Morgan fingerprint density at radius 3 is 2.77 bits per heavy atom. The molecule has 1 aromatic heterocycles. The number of likely N-dealkylation sites (N-methyl/N-ethyl adjacent to an activating group) is 1. The second-order valence-corrected chi connectivity index (χ2v) is 7.13. The number of carbonyl (C=O) groups excluding carboxylic acids is 1. The fraction of sp³-hybridized carbons (Fsp3) is 0.304. The van der Waals surface area contributed by atoms with Crippen LogP contribution in [0.1, 0.15) is 12.5 Å². The largest absolute Gasteiger partial charge is 0.486 e. The van der Waals surface area contributed by atoms with Gasteiger partial charge < -0.3 is 23.5 Å². The van der Waals surface area contributed by atoms with Gasteiger partial charge in [-0.1, -0.05) is 12.1 Å². The van der Waals surface area contributed by atoms with Crippen LogP contribution in [0.4, 0.5) is 0 Å². The summed E-state index contributed by atoms with van der Waals surface area (Å²) in [6.45, 7) is 4.93. The number of fused-ring (bicyclic) bond motifs is 2. The van der Waals surface area contributed by atoms with Crippen molar-refractivity contribution in [2.75, 3.05) is 26.3 Å². The van der Waals surface area contributed by atoms with Gasteiger partial charge in [0.05, 0.1) is 6.54 Å². The third-order valence-corrected chi connectivity index (χ3v) is 5.01. The lowest BCUT2D eigenvalue weighted by Crippen LogP contribution is -2.45. The molecule has 2 heterocycles. The fourth-order valence-electron chi connectivity index (χ4n) is 3.44. The van der Waals surface area contributed by atoms with Crippen molar-refractivity contribution in [2.45, 2.75) is 20.0 Å². The number of aryl methyl sites for hydroxylation is 1. The number of benzene rings is 2. The van der Waals surface area contributed by atoms with Crippen LogP contribution < -0.4 is 19.8 Å². The first-order valence-corrected chi connectivity index (χ1v) is 9.87. The van der Waals surface area contributed by atoms with Crippen LogP contribution in [-0.4, -0.2) is 43.2 Å². The summed E-state index contributed by atoms with van der Waals surface area (Å²) in [6.07, 6.45) is -0.248. The quantitative estimate of drug-likeness (QED) is 0.582. The minimum Gasteiger partial charge on any atom is -0.486 e. The molecular weight excluding hydrogens is 386 g/mol. The molecule has 0 bridgehead atoms. The van der Waals surface area contributed by atoms with Crippen LogP contribution in [-0.2, 0) is 4.79 Å². The highest BCUT2D eigenvalue weighted by atomic mass is 16.6. The molecule has 0 aliphatic carbocycles. The van der Waals surface area contributed by atoms with Crippen molar-refractivity contribution in [3.63, 3.8) is 0 Å². The molecule has 2 aromatic carbocycles. The molecule has 0 saturated carbocycles. The predicted molar refractivity (Wildman–Crippen MR) is 111 cm³/mol. The van der Waals surface area contributed by atoms with Gasteiger partial charge in [0.25, 0.3) is 5.91 Å². The van der Waals surface area contributed by atoms with Gasteiger partial charge in [-0.3, -0.25) is 4.79 Å². The summed E-state index contributed by atoms with van der Waals surface area (Å²) >= 11 is 0. The number of hydrogen-bond acceptors (Lipinski definition) is 6. The molecule has 3 aromatic rings. The molecule has 1 aliphatic rings. The molecule has 4 rings (SSSR count). The maximum atomic E-state index is 12.7. The first-order chi connectivity index (χ1) is 14.5. The summed E-state index contributed by atoms with van der Waals surface area (Å²) in [4.78, 5) is 25.9. The van der Waals surface area contributed by atoms with E-state index in [1.54, 1.807) is 17.0 Å². The van der Waals surface area contributed by atoms with Crippen LogP contribution in [0, 0.1) is 6.92 Å². The number of ether oxygens (including phenoxy) is 3. The summed E-state index contributed by atoms with van der Waals surface area (Å²) in [7, 11) is 0. The highest BCUT2D eigenvalue weighted by Crippen LogP contribution is 2.31. The molecule has 7 nitrogen and oxygen atoms in total. The highest BCUT2D eigenvalue weighted by Gasteiger charge is 2.25. The van der Waals surface area contributed by atoms with Gasteiger partial charge in [-0.05, 0) is 43.7 Å².